The summed E-state index contributed by atoms with van der Waals surface area (Å²) in [6, 6.07) is 3.55. The first-order chi connectivity index (χ1) is 8.66. The minimum absolute atomic E-state index is 0.00472. The summed E-state index contributed by atoms with van der Waals surface area (Å²) in [6.45, 7) is 0.648. The molecule has 1 aliphatic rings. The van der Waals surface area contributed by atoms with E-state index in [9.17, 15) is 9.59 Å². The molecule has 2 heterocycles. The second kappa shape index (κ2) is 5.62. The van der Waals surface area contributed by atoms with Crippen LogP contribution in [0.15, 0.2) is 24.5 Å². The third-order valence-corrected chi connectivity index (χ3v) is 3.15. The van der Waals surface area contributed by atoms with Gasteiger partial charge in [-0.1, -0.05) is 0 Å². The molecule has 0 aliphatic carbocycles. The number of aromatic nitrogens is 1. The molecule has 1 atom stereocenters. The van der Waals surface area contributed by atoms with E-state index in [4.69, 9.17) is 0 Å². The molecule has 5 nitrogen and oxygen atoms in total. The predicted molar refractivity (Wildman–Crippen MR) is 66.7 cm³/mol. The normalized spacial score (nSPS) is 18.5. The Morgan fingerprint density at radius 3 is 2.83 bits per heavy atom. The summed E-state index contributed by atoms with van der Waals surface area (Å²) in [5.41, 5.74) is 1.15. The van der Waals surface area contributed by atoms with Gasteiger partial charge in [-0.05, 0) is 30.5 Å². The summed E-state index contributed by atoms with van der Waals surface area (Å²) in [5, 5.41) is 2.69. The zero-order chi connectivity index (χ0) is 13.0. The van der Waals surface area contributed by atoms with E-state index >= 15 is 0 Å². The van der Waals surface area contributed by atoms with Crippen LogP contribution < -0.4 is 5.32 Å². The Bertz CT molecular complexity index is 433. The SMILES string of the molecule is CN(CCc1ccncc1)C(=O)C1CCC(=O)N1. The van der Waals surface area contributed by atoms with Crippen LogP contribution in [-0.2, 0) is 16.0 Å². The van der Waals surface area contributed by atoms with Gasteiger partial charge < -0.3 is 10.2 Å². The van der Waals surface area contributed by atoms with Gasteiger partial charge in [0.25, 0.3) is 0 Å². The fourth-order valence-electron chi connectivity index (χ4n) is 2.02. The monoisotopic (exact) mass is 247 g/mol. The maximum absolute atomic E-state index is 12.0. The lowest BCUT2D eigenvalue weighted by molar-refractivity contribution is -0.133. The Kier molecular flexibility index (Phi) is 3.92. The number of carbonyl (C=O) groups is 2. The number of rotatable bonds is 4. The van der Waals surface area contributed by atoms with Gasteiger partial charge in [-0.3, -0.25) is 14.6 Å². The highest BCUT2D eigenvalue weighted by Crippen LogP contribution is 2.09. The molecule has 1 fully saturated rings. The van der Waals surface area contributed by atoms with Crippen molar-refractivity contribution in [2.45, 2.75) is 25.3 Å². The summed E-state index contributed by atoms with van der Waals surface area (Å²) in [4.78, 5) is 28.7. The number of nitrogens with one attached hydrogen (secondary N) is 1. The molecule has 2 rings (SSSR count). The zero-order valence-electron chi connectivity index (χ0n) is 10.4. The molecule has 1 saturated heterocycles. The van der Waals surface area contributed by atoms with Gasteiger partial charge in [0.05, 0.1) is 0 Å². The molecule has 1 N–H and O–H groups in total. The van der Waals surface area contributed by atoms with Crippen LogP contribution in [0.2, 0.25) is 0 Å². The quantitative estimate of drug-likeness (QED) is 0.835. The Morgan fingerprint density at radius 1 is 1.50 bits per heavy atom. The molecule has 0 spiro atoms. The average Bonchev–Trinajstić information content (AvgIpc) is 2.83. The standard InChI is InChI=1S/C13H17N3O2/c1-16(9-6-10-4-7-14-8-5-10)13(18)11-2-3-12(17)15-11/h4-5,7-8,11H,2-3,6,9H2,1H3,(H,15,17). The topological polar surface area (TPSA) is 62.3 Å². The van der Waals surface area contributed by atoms with Crippen LogP contribution in [0.1, 0.15) is 18.4 Å². The van der Waals surface area contributed by atoms with E-state index in [-0.39, 0.29) is 17.9 Å². The van der Waals surface area contributed by atoms with Crippen molar-refractivity contribution in [1.29, 1.82) is 0 Å². The molecule has 1 aliphatic heterocycles. The van der Waals surface area contributed by atoms with Crippen LogP contribution in [0.5, 0.6) is 0 Å². The zero-order valence-corrected chi connectivity index (χ0v) is 10.4. The lowest BCUT2D eigenvalue weighted by atomic mass is 10.1. The van der Waals surface area contributed by atoms with Gasteiger partial charge in [-0.25, -0.2) is 0 Å². The van der Waals surface area contributed by atoms with Crippen molar-refractivity contribution in [1.82, 2.24) is 15.2 Å². The van der Waals surface area contributed by atoms with Crippen molar-refractivity contribution in [3.63, 3.8) is 0 Å². The minimum Gasteiger partial charge on any atom is -0.344 e. The van der Waals surface area contributed by atoms with Crippen LogP contribution in [0.3, 0.4) is 0 Å². The van der Waals surface area contributed by atoms with Crippen LogP contribution in [-0.4, -0.2) is 41.3 Å². The smallest absolute Gasteiger partial charge is 0.244 e. The summed E-state index contributed by atoms with van der Waals surface area (Å²) < 4.78 is 0. The van der Waals surface area contributed by atoms with Crippen molar-refractivity contribution >= 4 is 11.8 Å². The number of likely N-dealkylation sites (N-methyl/N-ethyl adjacent to an activating group) is 1. The fourth-order valence-corrected chi connectivity index (χ4v) is 2.02. The molecule has 1 unspecified atom stereocenters. The number of amides is 2. The Balaban J connectivity index is 1.82. The average molecular weight is 247 g/mol. The van der Waals surface area contributed by atoms with E-state index in [0.717, 1.165) is 12.0 Å². The molecule has 1 aromatic rings. The van der Waals surface area contributed by atoms with Gasteiger partial charge in [-0.15, -0.1) is 0 Å². The Hall–Kier alpha value is -1.91. The van der Waals surface area contributed by atoms with E-state index in [1.54, 1.807) is 24.3 Å². The third-order valence-electron chi connectivity index (χ3n) is 3.15. The van der Waals surface area contributed by atoms with Gasteiger partial charge in [0.1, 0.15) is 6.04 Å². The molecule has 1 aromatic heterocycles. The molecular weight excluding hydrogens is 230 g/mol. The van der Waals surface area contributed by atoms with Crippen LogP contribution in [0.4, 0.5) is 0 Å². The summed E-state index contributed by atoms with van der Waals surface area (Å²) in [6.07, 6.45) is 5.35. The highest BCUT2D eigenvalue weighted by Gasteiger charge is 2.29. The predicted octanol–water partition coefficient (Wildman–Crippen LogP) is 0.361. The lowest BCUT2D eigenvalue weighted by Gasteiger charge is -2.20. The van der Waals surface area contributed by atoms with E-state index in [0.29, 0.717) is 19.4 Å². The fraction of sp³-hybridized carbons (Fsp3) is 0.462. The van der Waals surface area contributed by atoms with Crippen LogP contribution in [0, 0.1) is 0 Å². The first-order valence-corrected chi connectivity index (χ1v) is 6.10. The summed E-state index contributed by atoms with van der Waals surface area (Å²) in [7, 11) is 1.77. The van der Waals surface area contributed by atoms with E-state index in [1.807, 2.05) is 12.1 Å². The number of nitrogens with zero attached hydrogens (tertiary/aromatic N) is 2. The molecule has 18 heavy (non-hydrogen) atoms. The molecule has 0 bridgehead atoms. The summed E-state index contributed by atoms with van der Waals surface area (Å²) >= 11 is 0. The number of pyridine rings is 1. The largest absolute Gasteiger partial charge is 0.344 e. The van der Waals surface area contributed by atoms with Gasteiger partial charge in [0.15, 0.2) is 0 Å². The summed E-state index contributed by atoms with van der Waals surface area (Å²) in [5.74, 6) is -0.0363. The molecule has 0 aromatic carbocycles. The maximum atomic E-state index is 12.0. The van der Waals surface area contributed by atoms with Crippen molar-refractivity contribution in [2.75, 3.05) is 13.6 Å². The molecular formula is C13H17N3O2. The van der Waals surface area contributed by atoms with Crippen LogP contribution in [0.25, 0.3) is 0 Å². The second-order valence-corrected chi connectivity index (χ2v) is 4.52. The molecule has 0 saturated carbocycles. The highest BCUT2D eigenvalue weighted by molar-refractivity contribution is 5.90. The van der Waals surface area contributed by atoms with Gasteiger partial charge >= 0.3 is 0 Å². The van der Waals surface area contributed by atoms with Crippen LogP contribution >= 0.6 is 0 Å². The number of carbonyl (C=O) groups excluding carboxylic acids is 2. The van der Waals surface area contributed by atoms with Gasteiger partial charge in [0.2, 0.25) is 11.8 Å². The number of hydrogen-bond donors (Lipinski definition) is 1. The Labute approximate surface area is 106 Å². The molecule has 2 amide bonds. The van der Waals surface area contributed by atoms with E-state index in [1.165, 1.54) is 0 Å². The molecule has 96 valence electrons. The molecule has 5 heteroatoms. The first kappa shape index (κ1) is 12.5. The molecule has 0 radical (unpaired) electrons. The van der Waals surface area contributed by atoms with Gasteiger partial charge in [-0.2, -0.15) is 0 Å². The number of hydrogen-bond acceptors (Lipinski definition) is 3. The van der Waals surface area contributed by atoms with E-state index in [2.05, 4.69) is 10.3 Å². The Morgan fingerprint density at radius 2 is 2.22 bits per heavy atom. The van der Waals surface area contributed by atoms with E-state index < -0.39 is 0 Å². The second-order valence-electron chi connectivity index (χ2n) is 4.52. The van der Waals surface area contributed by atoms with Gasteiger partial charge in [0, 0.05) is 32.4 Å². The van der Waals surface area contributed by atoms with Crippen molar-refractivity contribution in [2.24, 2.45) is 0 Å². The van der Waals surface area contributed by atoms with Crippen molar-refractivity contribution < 1.29 is 9.59 Å². The first-order valence-electron chi connectivity index (χ1n) is 6.10. The maximum Gasteiger partial charge on any atom is 0.244 e. The minimum atomic E-state index is -0.333. The van der Waals surface area contributed by atoms with Crippen molar-refractivity contribution in [3.05, 3.63) is 30.1 Å². The third kappa shape index (κ3) is 3.06. The lowest BCUT2D eigenvalue weighted by Crippen LogP contribution is -2.43. The van der Waals surface area contributed by atoms with Crippen molar-refractivity contribution in [3.8, 4) is 0 Å². The highest BCUT2D eigenvalue weighted by atomic mass is 16.2.